The molecule has 0 aromatic rings. The quantitative estimate of drug-likeness (QED) is 0.705. The van der Waals surface area contributed by atoms with Gasteiger partial charge < -0.3 is 15.4 Å². The summed E-state index contributed by atoms with van der Waals surface area (Å²) in [4.78, 5) is 14.0. The predicted molar refractivity (Wildman–Crippen MR) is 66.7 cm³/mol. The zero-order valence-corrected chi connectivity index (χ0v) is 11.1. The van der Waals surface area contributed by atoms with Crippen LogP contribution in [0.2, 0.25) is 0 Å². The number of nitrogens with two attached hydrogens (primary N) is 1. The third-order valence-corrected chi connectivity index (χ3v) is 3.64. The Hall–Kier alpha value is -0.770. The van der Waals surface area contributed by atoms with Gasteiger partial charge in [-0.1, -0.05) is 0 Å². The second kappa shape index (κ2) is 4.48. The van der Waals surface area contributed by atoms with Gasteiger partial charge in [-0.2, -0.15) is 0 Å². The Balaban J connectivity index is 2.04. The maximum atomic E-state index is 12.1. The summed E-state index contributed by atoms with van der Waals surface area (Å²) in [6.07, 6.45) is 4.10. The highest BCUT2D eigenvalue weighted by atomic mass is 16.6. The standard InChI is InChI=1S/C13H24N2O2/c1-13(2,3)17-12(16)15-8-9-4-5-11(15)7-10(14)6-9/h9-11H,4-8,14H2,1-3H3/t9-,10-,11-/m0/s1. The van der Waals surface area contributed by atoms with E-state index in [1.54, 1.807) is 0 Å². The van der Waals surface area contributed by atoms with Gasteiger partial charge in [-0.15, -0.1) is 0 Å². The summed E-state index contributed by atoms with van der Waals surface area (Å²) < 4.78 is 5.47. The van der Waals surface area contributed by atoms with Crippen LogP contribution in [0.3, 0.4) is 0 Å². The molecule has 0 radical (unpaired) electrons. The number of nitrogens with zero attached hydrogens (tertiary/aromatic N) is 1. The molecule has 2 aliphatic heterocycles. The fraction of sp³-hybridized carbons (Fsp3) is 0.923. The van der Waals surface area contributed by atoms with Gasteiger partial charge in [0, 0.05) is 18.6 Å². The van der Waals surface area contributed by atoms with Crippen LogP contribution >= 0.6 is 0 Å². The van der Waals surface area contributed by atoms with Gasteiger partial charge in [0.15, 0.2) is 0 Å². The fourth-order valence-corrected chi connectivity index (χ4v) is 2.96. The lowest BCUT2D eigenvalue weighted by atomic mass is 9.95. The lowest BCUT2D eigenvalue weighted by Crippen LogP contribution is -2.47. The van der Waals surface area contributed by atoms with Crippen LogP contribution < -0.4 is 5.73 Å². The van der Waals surface area contributed by atoms with Gasteiger partial charge in [0.05, 0.1) is 0 Å². The Kier molecular flexibility index (Phi) is 3.34. The van der Waals surface area contributed by atoms with Crippen LogP contribution in [0.4, 0.5) is 4.79 Å². The smallest absolute Gasteiger partial charge is 0.410 e. The first kappa shape index (κ1) is 12.7. The van der Waals surface area contributed by atoms with Gasteiger partial charge in [-0.3, -0.25) is 0 Å². The Morgan fingerprint density at radius 2 is 2.00 bits per heavy atom. The van der Waals surface area contributed by atoms with E-state index >= 15 is 0 Å². The van der Waals surface area contributed by atoms with Crippen LogP contribution in [0.1, 0.15) is 46.5 Å². The minimum absolute atomic E-state index is 0.165. The molecule has 17 heavy (non-hydrogen) atoms. The van der Waals surface area contributed by atoms with Crippen molar-refractivity contribution in [1.29, 1.82) is 0 Å². The molecule has 98 valence electrons. The van der Waals surface area contributed by atoms with Crippen molar-refractivity contribution in [3.8, 4) is 0 Å². The number of carbonyl (C=O) groups is 1. The van der Waals surface area contributed by atoms with E-state index in [-0.39, 0.29) is 12.1 Å². The van der Waals surface area contributed by atoms with Crippen LogP contribution in [0, 0.1) is 5.92 Å². The number of carbonyl (C=O) groups excluding carboxylic acids is 1. The molecule has 3 aliphatic rings. The molecule has 0 aromatic heterocycles. The number of piperidine rings is 1. The van der Waals surface area contributed by atoms with Crippen molar-refractivity contribution in [3.63, 3.8) is 0 Å². The Morgan fingerprint density at radius 3 is 2.65 bits per heavy atom. The zero-order chi connectivity index (χ0) is 12.6. The molecule has 4 heteroatoms. The summed E-state index contributed by atoms with van der Waals surface area (Å²) in [6.45, 7) is 6.55. The molecule has 4 nitrogen and oxygen atoms in total. The monoisotopic (exact) mass is 240 g/mol. The molecule has 0 unspecified atom stereocenters. The van der Waals surface area contributed by atoms with Gasteiger partial charge in [-0.25, -0.2) is 4.79 Å². The molecular formula is C13H24N2O2. The third-order valence-electron chi connectivity index (χ3n) is 3.64. The van der Waals surface area contributed by atoms with Gasteiger partial charge in [0.2, 0.25) is 0 Å². The first-order chi connectivity index (χ1) is 7.85. The number of hydrogen-bond acceptors (Lipinski definition) is 3. The molecule has 1 saturated carbocycles. The summed E-state index contributed by atoms with van der Waals surface area (Å²) in [5, 5.41) is 0. The number of amides is 1. The van der Waals surface area contributed by atoms with Crippen LogP contribution in [0.15, 0.2) is 0 Å². The highest BCUT2D eigenvalue weighted by Crippen LogP contribution is 2.33. The SMILES string of the molecule is CC(C)(C)OC(=O)N1C[C@H]2CC[C@H]1C[C@@H](N)C2. The minimum Gasteiger partial charge on any atom is -0.444 e. The molecule has 3 fully saturated rings. The van der Waals surface area contributed by atoms with Crippen molar-refractivity contribution in [2.75, 3.05) is 6.54 Å². The van der Waals surface area contributed by atoms with Crippen molar-refractivity contribution >= 4 is 6.09 Å². The summed E-state index contributed by atoms with van der Waals surface area (Å²) in [7, 11) is 0. The Morgan fingerprint density at radius 1 is 1.29 bits per heavy atom. The predicted octanol–water partition coefficient (Wildman–Crippen LogP) is 2.12. The lowest BCUT2D eigenvalue weighted by molar-refractivity contribution is 0.00611. The zero-order valence-electron chi connectivity index (χ0n) is 11.1. The number of fused-ring (bicyclic) bond motifs is 4. The van der Waals surface area contributed by atoms with Crippen molar-refractivity contribution < 1.29 is 9.53 Å². The summed E-state index contributed by atoms with van der Waals surface area (Å²) >= 11 is 0. The van der Waals surface area contributed by atoms with Gasteiger partial charge in [0.25, 0.3) is 0 Å². The molecule has 3 atom stereocenters. The molecule has 0 spiro atoms. The molecule has 2 bridgehead atoms. The van der Waals surface area contributed by atoms with Crippen molar-refractivity contribution in [2.24, 2.45) is 11.7 Å². The van der Waals surface area contributed by atoms with E-state index in [0.717, 1.165) is 25.8 Å². The van der Waals surface area contributed by atoms with Crippen LogP contribution in [0.5, 0.6) is 0 Å². The molecule has 1 amide bonds. The van der Waals surface area contributed by atoms with E-state index in [9.17, 15) is 4.79 Å². The summed E-state index contributed by atoms with van der Waals surface area (Å²) in [5.41, 5.74) is 5.65. The average Bonchev–Trinajstić information content (AvgIpc) is 2.43. The maximum Gasteiger partial charge on any atom is 0.410 e. The fourth-order valence-electron chi connectivity index (χ4n) is 2.96. The van der Waals surface area contributed by atoms with Crippen molar-refractivity contribution in [1.82, 2.24) is 4.90 Å². The van der Waals surface area contributed by atoms with E-state index in [1.165, 1.54) is 6.42 Å². The third kappa shape index (κ3) is 3.12. The molecule has 1 aliphatic carbocycles. The van der Waals surface area contributed by atoms with E-state index in [4.69, 9.17) is 10.5 Å². The largest absolute Gasteiger partial charge is 0.444 e. The number of rotatable bonds is 0. The highest BCUT2D eigenvalue weighted by molar-refractivity contribution is 5.68. The number of hydrogen-bond donors (Lipinski definition) is 1. The first-order valence-corrected chi connectivity index (χ1v) is 6.60. The van der Waals surface area contributed by atoms with Crippen LogP contribution in [0.25, 0.3) is 0 Å². The Bertz CT molecular complexity index is 298. The van der Waals surface area contributed by atoms with Gasteiger partial charge in [0.1, 0.15) is 5.60 Å². The van der Waals surface area contributed by atoms with E-state index in [1.807, 2.05) is 25.7 Å². The molecule has 2 N–H and O–H groups in total. The normalized spacial score (nSPS) is 33.4. The summed E-state index contributed by atoms with van der Waals surface area (Å²) in [5.74, 6) is 0.566. The molecule has 0 aromatic carbocycles. The molecule has 2 saturated heterocycles. The molecule has 3 rings (SSSR count). The van der Waals surface area contributed by atoms with E-state index < -0.39 is 5.60 Å². The summed E-state index contributed by atoms with van der Waals surface area (Å²) in [6, 6.07) is 0.540. The van der Waals surface area contributed by atoms with E-state index in [0.29, 0.717) is 12.0 Å². The Labute approximate surface area is 103 Å². The van der Waals surface area contributed by atoms with Crippen LogP contribution in [-0.4, -0.2) is 35.2 Å². The second-order valence-electron chi connectivity index (χ2n) is 6.46. The lowest BCUT2D eigenvalue weighted by Gasteiger charge is -2.37. The van der Waals surface area contributed by atoms with Crippen molar-refractivity contribution in [3.05, 3.63) is 0 Å². The first-order valence-electron chi connectivity index (χ1n) is 6.60. The van der Waals surface area contributed by atoms with E-state index in [2.05, 4.69) is 0 Å². The topological polar surface area (TPSA) is 55.6 Å². The van der Waals surface area contributed by atoms with Crippen LogP contribution in [-0.2, 0) is 4.74 Å². The van der Waals surface area contributed by atoms with Gasteiger partial charge in [-0.05, 0) is 52.4 Å². The van der Waals surface area contributed by atoms with Crippen molar-refractivity contribution in [2.45, 2.75) is 64.1 Å². The molecule has 2 heterocycles. The number of ether oxygens (including phenoxy) is 1. The minimum atomic E-state index is -0.412. The molecular weight excluding hydrogens is 216 g/mol. The highest BCUT2D eigenvalue weighted by Gasteiger charge is 2.38. The van der Waals surface area contributed by atoms with Gasteiger partial charge >= 0.3 is 6.09 Å². The average molecular weight is 240 g/mol. The second-order valence-corrected chi connectivity index (χ2v) is 6.46. The maximum absolute atomic E-state index is 12.1.